The minimum Gasteiger partial charge on any atom is -0.469 e. The highest BCUT2D eigenvalue weighted by molar-refractivity contribution is 5.69. The van der Waals surface area contributed by atoms with Gasteiger partial charge in [-0.25, -0.2) is 0 Å². The number of nitrogens with one attached hydrogen (secondary N) is 1. The van der Waals surface area contributed by atoms with Gasteiger partial charge in [0.2, 0.25) is 0 Å². The molecule has 0 saturated carbocycles. The Morgan fingerprint density at radius 2 is 2.18 bits per heavy atom. The van der Waals surface area contributed by atoms with Gasteiger partial charge in [-0.15, -0.1) is 0 Å². The fourth-order valence-electron chi connectivity index (χ4n) is 1.94. The molecule has 0 saturated heterocycles. The molecule has 0 fully saturated rings. The van der Waals surface area contributed by atoms with Crippen molar-refractivity contribution in [2.24, 2.45) is 5.92 Å². The van der Waals surface area contributed by atoms with E-state index in [1.54, 1.807) is 0 Å². The van der Waals surface area contributed by atoms with Gasteiger partial charge in [0.25, 0.3) is 0 Å². The van der Waals surface area contributed by atoms with Crippen LogP contribution in [0.2, 0.25) is 0 Å². The number of aromatic amines is 1. The second-order valence-corrected chi connectivity index (χ2v) is 4.66. The highest BCUT2D eigenvalue weighted by atomic mass is 16.5. The molecule has 0 aliphatic rings. The molecular weight excluding hydrogens is 216 g/mol. The molecule has 0 amide bonds. The quantitative estimate of drug-likeness (QED) is 0.773. The normalized spacial score (nSPS) is 10.9. The summed E-state index contributed by atoms with van der Waals surface area (Å²) in [5, 5.41) is 7.41. The molecule has 1 aromatic rings. The van der Waals surface area contributed by atoms with Crippen molar-refractivity contribution in [3.05, 3.63) is 17.0 Å². The summed E-state index contributed by atoms with van der Waals surface area (Å²) in [5.74, 6) is 0.417. The molecule has 1 rings (SSSR count). The Morgan fingerprint density at radius 3 is 2.71 bits per heavy atom. The van der Waals surface area contributed by atoms with Gasteiger partial charge in [0.1, 0.15) is 0 Å². The summed E-state index contributed by atoms with van der Waals surface area (Å²) in [6, 6.07) is 0. The lowest BCUT2D eigenvalue weighted by Gasteiger charge is -2.06. The first-order valence-corrected chi connectivity index (χ1v) is 6.20. The monoisotopic (exact) mass is 238 g/mol. The number of methoxy groups -OCH3 is 1. The van der Waals surface area contributed by atoms with Crippen molar-refractivity contribution in [2.45, 2.75) is 46.5 Å². The number of hydrogen-bond donors (Lipinski definition) is 1. The third-order valence-electron chi connectivity index (χ3n) is 2.79. The molecule has 1 aromatic heterocycles. The second kappa shape index (κ2) is 6.42. The minimum atomic E-state index is -0.163. The van der Waals surface area contributed by atoms with Crippen LogP contribution in [0.25, 0.3) is 0 Å². The number of carbonyl (C=O) groups is 1. The standard InChI is InChI=1S/C13H22N2O2/c1-5-11-10(6-7-13(16)17-4)12(15-14-11)8-9(2)3/h9H,5-8H2,1-4H3,(H,14,15). The van der Waals surface area contributed by atoms with E-state index in [9.17, 15) is 4.79 Å². The number of aromatic nitrogens is 2. The fraction of sp³-hybridized carbons (Fsp3) is 0.692. The molecule has 0 aromatic carbocycles. The molecule has 4 nitrogen and oxygen atoms in total. The first-order valence-electron chi connectivity index (χ1n) is 6.20. The van der Waals surface area contributed by atoms with Crippen LogP contribution in [-0.2, 0) is 28.8 Å². The third-order valence-corrected chi connectivity index (χ3v) is 2.79. The first-order chi connectivity index (χ1) is 8.08. The van der Waals surface area contributed by atoms with Crippen LogP contribution < -0.4 is 0 Å². The van der Waals surface area contributed by atoms with E-state index in [-0.39, 0.29) is 5.97 Å². The average molecular weight is 238 g/mol. The number of carbonyl (C=O) groups excluding carboxylic acids is 1. The summed E-state index contributed by atoms with van der Waals surface area (Å²) < 4.78 is 4.67. The number of ether oxygens (including phenoxy) is 1. The lowest BCUT2D eigenvalue weighted by Crippen LogP contribution is -2.05. The molecule has 96 valence electrons. The van der Waals surface area contributed by atoms with E-state index in [2.05, 4.69) is 35.7 Å². The van der Waals surface area contributed by atoms with Crippen molar-refractivity contribution in [1.29, 1.82) is 0 Å². The molecule has 0 aliphatic heterocycles. The lowest BCUT2D eigenvalue weighted by molar-refractivity contribution is -0.140. The van der Waals surface area contributed by atoms with Crippen molar-refractivity contribution in [2.75, 3.05) is 7.11 Å². The molecule has 1 N–H and O–H groups in total. The maximum absolute atomic E-state index is 11.2. The van der Waals surface area contributed by atoms with Crippen LogP contribution in [0, 0.1) is 5.92 Å². The van der Waals surface area contributed by atoms with Gasteiger partial charge in [-0.3, -0.25) is 9.89 Å². The van der Waals surface area contributed by atoms with Crippen LogP contribution in [0.4, 0.5) is 0 Å². The molecule has 0 aliphatic carbocycles. The van der Waals surface area contributed by atoms with Crippen LogP contribution in [0.1, 0.15) is 44.1 Å². The number of esters is 1. The van der Waals surface area contributed by atoms with Crippen molar-refractivity contribution in [3.8, 4) is 0 Å². The van der Waals surface area contributed by atoms with E-state index >= 15 is 0 Å². The Balaban J connectivity index is 2.78. The van der Waals surface area contributed by atoms with Crippen molar-refractivity contribution < 1.29 is 9.53 Å². The maximum atomic E-state index is 11.2. The summed E-state index contributed by atoms with van der Waals surface area (Å²) in [7, 11) is 1.42. The molecule has 17 heavy (non-hydrogen) atoms. The van der Waals surface area contributed by atoms with Gasteiger partial charge < -0.3 is 4.74 Å². The zero-order chi connectivity index (χ0) is 12.8. The summed E-state index contributed by atoms with van der Waals surface area (Å²) in [5.41, 5.74) is 3.44. The third kappa shape index (κ3) is 3.88. The van der Waals surface area contributed by atoms with E-state index in [1.807, 2.05) is 0 Å². The molecule has 0 atom stereocenters. The van der Waals surface area contributed by atoms with E-state index in [1.165, 1.54) is 18.4 Å². The van der Waals surface area contributed by atoms with E-state index in [4.69, 9.17) is 0 Å². The Bertz CT molecular complexity index is 369. The zero-order valence-electron chi connectivity index (χ0n) is 11.2. The summed E-state index contributed by atoms with van der Waals surface area (Å²) in [4.78, 5) is 11.2. The minimum absolute atomic E-state index is 0.163. The lowest BCUT2D eigenvalue weighted by atomic mass is 9.99. The largest absolute Gasteiger partial charge is 0.469 e. The topological polar surface area (TPSA) is 55.0 Å². The average Bonchev–Trinajstić information content (AvgIpc) is 2.67. The summed E-state index contributed by atoms with van der Waals surface area (Å²) in [6.07, 6.45) is 3.01. The van der Waals surface area contributed by atoms with Gasteiger partial charge in [-0.05, 0) is 30.7 Å². The molecular formula is C13H22N2O2. The molecule has 0 radical (unpaired) electrons. The summed E-state index contributed by atoms with van der Waals surface area (Å²) in [6.45, 7) is 6.43. The Kier molecular flexibility index (Phi) is 5.19. The smallest absolute Gasteiger partial charge is 0.305 e. The maximum Gasteiger partial charge on any atom is 0.305 e. The number of rotatable bonds is 6. The summed E-state index contributed by atoms with van der Waals surface area (Å²) >= 11 is 0. The van der Waals surface area contributed by atoms with Gasteiger partial charge in [0.05, 0.1) is 12.8 Å². The van der Waals surface area contributed by atoms with Crippen LogP contribution in [0.15, 0.2) is 0 Å². The van der Waals surface area contributed by atoms with Crippen molar-refractivity contribution >= 4 is 5.97 Å². The first kappa shape index (κ1) is 13.7. The number of hydrogen-bond acceptors (Lipinski definition) is 3. The SMILES string of the molecule is CCc1n[nH]c(CC(C)C)c1CCC(=O)OC. The second-order valence-electron chi connectivity index (χ2n) is 4.66. The van der Waals surface area contributed by atoms with Crippen molar-refractivity contribution in [1.82, 2.24) is 10.2 Å². The van der Waals surface area contributed by atoms with E-state index in [0.29, 0.717) is 18.8 Å². The van der Waals surface area contributed by atoms with Gasteiger partial charge >= 0.3 is 5.97 Å². The van der Waals surface area contributed by atoms with Gasteiger partial charge in [-0.2, -0.15) is 5.10 Å². The Hall–Kier alpha value is -1.32. The molecule has 4 heteroatoms. The van der Waals surface area contributed by atoms with Crippen LogP contribution >= 0.6 is 0 Å². The fourth-order valence-corrected chi connectivity index (χ4v) is 1.94. The van der Waals surface area contributed by atoms with Gasteiger partial charge in [0, 0.05) is 12.1 Å². The molecule has 1 heterocycles. The van der Waals surface area contributed by atoms with Gasteiger partial charge in [-0.1, -0.05) is 20.8 Å². The molecule has 0 spiro atoms. The van der Waals surface area contributed by atoms with Crippen LogP contribution in [0.3, 0.4) is 0 Å². The highest BCUT2D eigenvalue weighted by Crippen LogP contribution is 2.18. The molecule has 0 bridgehead atoms. The van der Waals surface area contributed by atoms with Gasteiger partial charge in [0.15, 0.2) is 0 Å². The predicted octanol–water partition coefficient (Wildman–Crippen LogP) is 2.28. The Morgan fingerprint density at radius 1 is 1.47 bits per heavy atom. The van der Waals surface area contributed by atoms with E-state index in [0.717, 1.165) is 18.5 Å². The highest BCUT2D eigenvalue weighted by Gasteiger charge is 2.14. The predicted molar refractivity (Wildman–Crippen MR) is 66.8 cm³/mol. The van der Waals surface area contributed by atoms with Crippen LogP contribution in [-0.4, -0.2) is 23.3 Å². The number of aryl methyl sites for hydroxylation is 1. The number of H-pyrrole nitrogens is 1. The van der Waals surface area contributed by atoms with E-state index < -0.39 is 0 Å². The van der Waals surface area contributed by atoms with Crippen LogP contribution in [0.5, 0.6) is 0 Å². The zero-order valence-corrected chi connectivity index (χ0v) is 11.2. The Labute approximate surface area is 103 Å². The number of nitrogens with zero attached hydrogens (tertiary/aromatic N) is 1. The molecule has 0 unspecified atom stereocenters. The van der Waals surface area contributed by atoms with Crippen molar-refractivity contribution in [3.63, 3.8) is 0 Å².